The average molecular weight is 302 g/mol. The van der Waals surface area contributed by atoms with Gasteiger partial charge in [-0.3, -0.25) is 0 Å². The number of carboxylic acid groups (broad SMARTS) is 1. The van der Waals surface area contributed by atoms with E-state index in [1.165, 1.54) is 0 Å². The zero-order valence-corrected chi connectivity index (χ0v) is 11.7. The van der Waals surface area contributed by atoms with Gasteiger partial charge in [0.25, 0.3) is 0 Å². The van der Waals surface area contributed by atoms with Crippen molar-refractivity contribution in [3.63, 3.8) is 0 Å². The van der Waals surface area contributed by atoms with Gasteiger partial charge < -0.3 is 14.8 Å². The first-order valence-electron chi connectivity index (χ1n) is 6.36. The molecule has 0 saturated carbocycles. The number of carbonyl (C=O) groups is 1. The summed E-state index contributed by atoms with van der Waals surface area (Å²) >= 11 is 6.04. The molecular formula is C16H12ClNO3. The number of hydrogen-bond donors (Lipinski definition) is 2. The van der Waals surface area contributed by atoms with Crippen LogP contribution in [-0.4, -0.2) is 16.1 Å². The second-order valence-corrected chi connectivity index (χ2v) is 4.97. The Morgan fingerprint density at radius 3 is 2.76 bits per heavy atom. The van der Waals surface area contributed by atoms with Gasteiger partial charge in [-0.1, -0.05) is 29.8 Å². The van der Waals surface area contributed by atoms with E-state index in [0.29, 0.717) is 16.2 Å². The van der Waals surface area contributed by atoms with Crippen LogP contribution in [0.15, 0.2) is 48.7 Å². The molecule has 21 heavy (non-hydrogen) atoms. The van der Waals surface area contributed by atoms with Crippen LogP contribution < -0.4 is 4.74 Å². The minimum atomic E-state index is -0.959. The monoisotopic (exact) mass is 301 g/mol. The van der Waals surface area contributed by atoms with E-state index in [2.05, 4.69) is 4.98 Å². The molecule has 4 nitrogen and oxygen atoms in total. The fraction of sp³-hybridized carbons (Fsp3) is 0.0625. The number of fused-ring (bicyclic) bond motifs is 1. The van der Waals surface area contributed by atoms with E-state index in [4.69, 9.17) is 16.3 Å². The molecule has 0 aliphatic heterocycles. The van der Waals surface area contributed by atoms with E-state index in [0.717, 1.165) is 11.1 Å². The molecular weight excluding hydrogens is 290 g/mol. The Bertz CT molecular complexity index is 810. The molecule has 0 bridgehead atoms. The average Bonchev–Trinajstić information content (AvgIpc) is 2.89. The summed E-state index contributed by atoms with van der Waals surface area (Å²) in [5.74, 6) is -0.388. The summed E-state index contributed by atoms with van der Waals surface area (Å²) in [5, 5.41) is 10.5. The number of hydrogen-bond acceptors (Lipinski definition) is 2. The van der Waals surface area contributed by atoms with Gasteiger partial charge in [0, 0.05) is 22.7 Å². The van der Waals surface area contributed by atoms with Gasteiger partial charge in [0.05, 0.1) is 10.6 Å². The first kappa shape index (κ1) is 13.5. The number of aromatic nitrogens is 1. The van der Waals surface area contributed by atoms with Gasteiger partial charge in [0.2, 0.25) is 0 Å². The molecule has 3 rings (SSSR count). The minimum absolute atomic E-state index is 0.244. The van der Waals surface area contributed by atoms with Crippen molar-refractivity contribution in [3.05, 3.63) is 64.8 Å². The molecule has 1 aromatic heterocycles. The van der Waals surface area contributed by atoms with Crippen molar-refractivity contribution >= 4 is 28.5 Å². The lowest BCUT2D eigenvalue weighted by Crippen LogP contribution is -2.00. The topological polar surface area (TPSA) is 62.3 Å². The fourth-order valence-corrected chi connectivity index (χ4v) is 2.46. The zero-order chi connectivity index (χ0) is 14.8. The summed E-state index contributed by atoms with van der Waals surface area (Å²) in [6, 6.07) is 12.3. The molecule has 0 saturated heterocycles. The van der Waals surface area contributed by atoms with E-state index >= 15 is 0 Å². The number of ether oxygens (including phenoxy) is 1. The van der Waals surface area contributed by atoms with Crippen LogP contribution in [0.2, 0.25) is 5.02 Å². The molecule has 0 radical (unpaired) electrons. The minimum Gasteiger partial charge on any atom is -0.487 e. The standard InChI is InChI=1S/C16H12ClNO3/c17-12-5-1-2-7-14(12)21-9-10-8-18-13-6-3-4-11(15(10)13)16(19)20/h1-8,18H,9H2,(H,19,20). The lowest BCUT2D eigenvalue weighted by molar-refractivity contribution is 0.0699. The smallest absolute Gasteiger partial charge is 0.336 e. The van der Waals surface area contributed by atoms with Gasteiger partial charge in [-0.25, -0.2) is 4.79 Å². The van der Waals surface area contributed by atoms with Gasteiger partial charge in [0.1, 0.15) is 12.4 Å². The van der Waals surface area contributed by atoms with Crippen LogP contribution >= 0.6 is 11.6 Å². The van der Waals surface area contributed by atoms with Crippen LogP contribution in [0.25, 0.3) is 10.9 Å². The van der Waals surface area contributed by atoms with Crippen LogP contribution in [0.3, 0.4) is 0 Å². The van der Waals surface area contributed by atoms with E-state index < -0.39 is 5.97 Å². The molecule has 0 spiro atoms. The van der Waals surface area contributed by atoms with Crippen molar-refractivity contribution in [3.8, 4) is 5.75 Å². The Labute approximate surface area is 125 Å². The summed E-state index contributed by atoms with van der Waals surface area (Å²) < 4.78 is 5.68. The Balaban J connectivity index is 1.95. The third-order valence-electron chi connectivity index (χ3n) is 3.24. The first-order chi connectivity index (χ1) is 10.2. The highest BCUT2D eigenvalue weighted by Gasteiger charge is 2.14. The molecule has 0 fully saturated rings. The van der Waals surface area contributed by atoms with E-state index in [1.807, 2.05) is 18.2 Å². The van der Waals surface area contributed by atoms with Crippen LogP contribution in [0.4, 0.5) is 0 Å². The third kappa shape index (κ3) is 2.58. The number of nitrogens with one attached hydrogen (secondary N) is 1. The molecule has 3 aromatic rings. The Morgan fingerprint density at radius 1 is 1.19 bits per heavy atom. The molecule has 0 amide bonds. The SMILES string of the molecule is O=C(O)c1cccc2[nH]cc(COc3ccccc3Cl)c12. The zero-order valence-electron chi connectivity index (χ0n) is 11.0. The van der Waals surface area contributed by atoms with Gasteiger partial charge in [0.15, 0.2) is 0 Å². The lowest BCUT2D eigenvalue weighted by atomic mass is 10.1. The Hall–Kier alpha value is -2.46. The molecule has 2 N–H and O–H groups in total. The highest BCUT2D eigenvalue weighted by Crippen LogP contribution is 2.27. The number of H-pyrrole nitrogens is 1. The number of aromatic amines is 1. The molecule has 0 unspecified atom stereocenters. The highest BCUT2D eigenvalue weighted by atomic mass is 35.5. The number of halogens is 1. The van der Waals surface area contributed by atoms with Crippen LogP contribution in [0.1, 0.15) is 15.9 Å². The van der Waals surface area contributed by atoms with Crippen molar-refractivity contribution in [2.75, 3.05) is 0 Å². The van der Waals surface area contributed by atoms with Gasteiger partial charge in [-0.05, 0) is 24.3 Å². The molecule has 0 aliphatic carbocycles. The summed E-state index contributed by atoms with van der Waals surface area (Å²) in [7, 11) is 0. The van der Waals surface area contributed by atoms with E-state index in [-0.39, 0.29) is 12.2 Å². The molecule has 2 aromatic carbocycles. The van der Waals surface area contributed by atoms with Crippen molar-refractivity contribution in [1.82, 2.24) is 4.98 Å². The number of rotatable bonds is 4. The Kier molecular flexibility index (Phi) is 3.54. The molecule has 106 valence electrons. The quantitative estimate of drug-likeness (QED) is 0.762. The largest absolute Gasteiger partial charge is 0.487 e. The predicted molar refractivity (Wildman–Crippen MR) is 81.0 cm³/mol. The molecule has 0 aliphatic rings. The van der Waals surface area contributed by atoms with Crippen LogP contribution in [-0.2, 0) is 6.61 Å². The number of benzene rings is 2. The second kappa shape index (κ2) is 5.50. The number of aromatic carboxylic acids is 1. The maximum absolute atomic E-state index is 11.3. The first-order valence-corrected chi connectivity index (χ1v) is 6.74. The lowest BCUT2D eigenvalue weighted by Gasteiger charge is -2.07. The van der Waals surface area contributed by atoms with Crippen molar-refractivity contribution in [1.29, 1.82) is 0 Å². The van der Waals surface area contributed by atoms with Gasteiger partial charge in [-0.2, -0.15) is 0 Å². The van der Waals surface area contributed by atoms with Crippen molar-refractivity contribution in [2.24, 2.45) is 0 Å². The third-order valence-corrected chi connectivity index (χ3v) is 3.55. The summed E-state index contributed by atoms with van der Waals surface area (Å²) in [5.41, 5.74) is 1.81. The van der Waals surface area contributed by atoms with Gasteiger partial charge in [-0.15, -0.1) is 0 Å². The summed E-state index contributed by atoms with van der Waals surface area (Å²) in [6.45, 7) is 0.244. The second-order valence-electron chi connectivity index (χ2n) is 4.57. The predicted octanol–water partition coefficient (Wildman–Crippen LogP) is 4.10. The maximum atomic E-state index is 11.3. The van der Waals surface area contributed by atoms with E-state index in [1.54, 1.807) is 30.5 Å². The van der Waals surface area contributed by atoms with Crippen molar-refractivity contribution in [2.45, 2.75) is 6.61 Å². The highest BCUT2D eigenvalue weighted by molar-refractivity contribution is 6.32. The maximum Gasteiger partial charge on any atom is 0.336 e. The summed E-state index contributed by atoms with van der Waals surface area (Å²) in [4.78, 5) is 14.4. The van der Waals surface area contributed by atoms with Gasteiger partial charge >= 0.3 is 5.97 Å². The molecule has 5 heteroatoms. The number of para-hydroxylation sites is 1. The molecule has 0 atom stereocenters. The normalized spacial score (nSPS) is 10.7. The van der Waals surface area contributed by atoms with Crippen LogP contribution in [0.5, 0.6) is 5.75 Å². The van der Waals surface area contributed by atoms with Crippen LogP contribution in [0, 0.1) is 0 Å². The Morgan fingerprint density at radius 2 is 2.00 bits per heavy atom. The summed E-state index contributed by atoms with van der Waals surface area (Å²) in [6.07, 6.45) is 1.76. The molecule has 1 heterocycles. The van der Waals surface area contributed by atoms with E-state index in [9.17, 15) is 9.90 Å². The number of carboxylic acids is 1. The van der Waals surface area contributed by atoms with Crippen molar-refractivity contribution < 1.29 is 14.6 Å². The fourth-order valence-electron chi connectivity index (χ4n) is 2.26.